The predicted octanol–water partition coefficient (Wildman–Crippen LogP) is 3.62. The molecule has 3 saturated heterocycles. The fraction of sp³-hybridized carbons (Fsp3) is 0.600. The van der Waals surface area contributed by atoms with Gasteiger partial charge in [0.05, 0.1) is 0 Å². The molecule has 2 bridgehead atoms. The van der Waals surface area contributed by atoms with Crippen molar-refractivity contribution in [3.8, 4) is 5.75 Å². The van der Waals surface area contributed by atoms with Crippen LogP contribution in [0, 0.1) is 12.8 Å². The predicted molar refractivity (Wildman–Crippen MR) is 77.1 cm³/mol. The zero-order valence-corrected chi connectivity index (χ0v) is 12.7. The van der Waals surface area contributed by atoms with Crippen LogP contribution in [-0.2, 0) is 0 Å². The van der Waals surface area contributed by atoms with Crippen molar-refractivity contribution in [2.75, 3.05) is 19.6 Å². The van der Waals surface area contributed by atoms with Gasteiger partial charge in [-0.25, -0.2) is 0 Å². The van der Waals surface area contributed by atoms with Crippen molar-refractivity contribution in [1.29, 1.82) is 0 Å². The van der Waals surface area contributed by atoms with Gasteiger partial charge in [0.2, 0.25) is 0 Å². The second kappa shape index (κ2) is 4.53. The highest BCUT2D eigenvalue weighted by Gasteiger charge is 2.45. The lowest BCUT2D eigenvalue weighted by Crippen LogP contribution is -2.60. The van der Waals surface area contributed by atoms with Gasteiger partial charge < -0.3 is 4.74 Å². The van der Waals surface area contributed by atoms with Crippen molar-refractivity contribution in [3.05, 3.63) is 28.2 Å². The van der Waals surface area contributed by atoms with Crippen LogP contribution in [0.3, 0.4) is 0 Å². The van der Waals surface area contributed by atoms with Gasteiger partial charge in [0, 0.05) is 16.9 Å². The molecule has 0 spiro atoms. The Labute approximate surface area is 117 Å². The van der Waals surface area contributed by atoms with E-state index in [9.17, 15) is 0 Å². The van der Waals surface area contributed by atoms with Crippen LogP contribution in [0.5, 0.6) is 5.75 Å². The lowest BCUT2D eigenvalue weighted by molar-refractivity contribution is -0.0809. The maximum atomic E-state index is 6.40. The van der Waals surface area contributed by atoms with Gasteiger partial charge in [-0.15, -0.1) is 0 Å². The second-order valence-corrected chi connectivity index (χ2v) is 6.79. The number of aryl methyl sites for hydroxylation is 1. The van der Waals surface area contributed by atoms with E-state index in [1.54, 1.807) is 0 Å². The highest BCUT2D eigenvalue weighted by Crippen LogP contribution is 2.39. The Balaban J connectivity index is 1.83. The van der Waals surface area contributed by atoms with Gasteiger partial charge in [-0.05, 0) is 63.5 Å². The topological polar surface area (TPSA) is 12.5 Å². The molecule has 18 heavy (non-hydrogen) atoms. The van der Waals surface area contributed by atoms with Crippen molar-refractivity contribution in [2.45, 2.75) is 32.3 Å². The van der Waals surface area contributed by atoms with Crippen LogP contribution in [-0.4, -0.2) is 30.1 Å². The number of hydrogen-bond acceptors (Lipinski definition) is 2. The number of halogens is 1. The van der Waals surface area contributed by atoms with E-state index in [1.165, 1.54) is 31.5 Å². The van der Waals surface area contributed by atoms with Crippen molar-refractivity contribution < 1.29 is 4.74 Å². The van der Waals surface area contributed by atoms with E-state index in [1.807, 2.05) is 0 Å². The minimum atomic E-state index is -0.00487. The molecule has 0 N–H and O–H groups in total. The molecule has 3 heterocycles. The fourth-order valence-electron chi connectivity index (χ4n) is 3.37. The van der Waals surface area contributed by atoms with Crippen LogP contribution in [0.2, 0.25) is 0 Å². The van der Waals surface area contributed by atoms with Gasteiger partial charge in [-0.3, -0.25) is 4.90 Å². The molecule has 98 valence electrons. The highest BCUT2D eigenvalue weighted by atomic mass is 79.9. The number of benzene rings is 1. The number of fused-ring (bicyclic) bond motifs is 3. The summed E-state index contributed by atoms with van der Waals surface area (Å²) in [4.78, 5) is 2.54. The summed E-state index contributed by atoms with van der Waals surface area (Å²) in [6.45, 7) is 7.98. The Morgan fingerprint density at radius 1 is 1.33 bits per heavy atom. The first-order valence-corrected chi connectivity index (χ1v) is 7.54. The summed E-state index contributed by atoms with van der Waals surface area (Å²) in [6, 6.07) is 6.27. The summed E-state index contributed by atoms with van der Waals surface area (Å²) >= 11 is 3.50. The maximum Gasteiger partial charge on any atom is 0.123 e. The number of hydrogen-bond donors (Lipinski definition) is 0. The van der Waals surface area contributed by atoms with Crippen molar-refractivity contribution >= 4 is 15.9 Å². The van der Waals surface area contributed by atoms with E-state index < -0.39 is 0 Å². The van der Waals surface area contributed by atoms with E-state index in [2.05, 4.69) is 52.9 Å². The van der Waals surface area contributed by atoms with Crippen molar-refractivity contribution in [3.63, 3.8) is 0 Å². The van der Waals surface area contributed by atoms with Crippen LogP contribution < -0.4 is 4.74 Å². The standard InChI is InChI=1S/C15H20BrNO/c1-11-9-13(16)3-4-14(11)18-15(2)10-17-7-5-12(15)6-8-17/h3-4,9,12H,5-8,10H2,1-2H3/t15-/m0/s1. The largest absolute Gasteiger partial charge is 0.486 e. The van der Waals surface area contributed by atoms with Crippen LogP contribution in [0.4, 0.5) is 0 Å². The molecule has 0 radical (unpaired) electrons. The number of rotatable bonds is 2. The maximum absolute atomic E-state index is 6.40. The Kier molecular flexibility index (Phi) is 3.15. The molecule has 4 rings (SSSR count). The molecule has 2 nitrogen and oxygen atoms in total. The Morgan fingerprint density at radius 2 is 2.06 bits per heavy atom. The summed E-state index contributed by atoms with van der Waals surface area (Å²) in [5.41, 5.74) is 1.21. The monoisotopic (exact) mass is 309 g/mol. The minimum absolute atomic E-state index is 0.00487. The normalized spacial score (nSPS) is 34.6. The lowest BCUT2D eigenvalue weighted by atomic mass is 9.76. The van der Waals surface area contributed by atoms with Crippen molar-refractivity contribution in [1.82, 2.24) is 4.90 Å². The van der Waals surface area contributed by atoms with E-state index >= 15 is 0 Å². The summed E-state index contributed by atoms with van der Waals surface area (Å²) in [6.07, 6.45) is 2.57. The van der Waals surface area contributed by atoms with Crippen LogP contribution >= 0.6 is 15.9 Å². The minimum Gasteiger partial charge on any atom is -0.486 e. The molecule has 0 amide bonds. The molecular weight excluding hydrogens is 290 g/mol. The molecule has 0 aliphatic carbocycles. The summed E-state index contributed by atoms with van der Waals surface area (Å²) in [7, 11) is 0. The molecule has 0 saturated carbocycles. The fourth-order valence-corrected chi connectivity index (χ4v) is 3.84. The quantitative estimate of drug-likeness (QED) is 0.827. The first-order valence-electron chi connectivity index (χ1n) is 6.74. The van der Waals surface area contributed by atoms with E-state index in [-0.39, 0.29) is 5.60 Å². The molecule has 0 unspecified atom stereocenters. The van der Waals surface area contributed by atoms with Gasteiger partial charge in [0.25, 0.3) is 0 Å². The van der Waals surface area contributed by atoms with Crippen LogP contribution in [0.1, 0.15) is 25.3 Å². The van der Waals surface area contributed by atoms with E-state index in [4.69, 9.17) is 4.74 Å². The molecule has 3 aliphatic rings. The Hall–Kier alpha value is -0.540. The summed E-state index contributed by atoms with van der Waals surface area (Å²) in [5, 5.41) is 0. The molecule has 1 aromatic carbocycles. The lowest BCUT2D eigenvalue weighted by Gasteiger charge is -2.51. The third-order valence-corrected chi connectivity index (χ3v) is 4.96. The molecular formula is C15H20BrNO. The second-order valence-electron chi connectivity index (χ2n) is 5.87. The first kappa shape index (κ1) is 12.5. The third kappa shape index (κ3) is 2.19. The summed E-state index contributed by atoms with van der Waals surface area (Å²) < 4.78 is 7.52. The molecule has 3 fully saturated rings. The molecule has 1 atom stereocenters. The zero-order valence-electron chi connectivity index (χ0n) is 11.1. The van der Waals surface area contributed by atoms with Crippen LogP contribution in [0.25, 0.3) is 0 Å². The van der Waals surface area contributed by atoms with Gasteiger partial charge in [0.15, 0.2) is 0 Å². The average Bonchev–Trinajstić information content (AvgIpc) is 2.34. The molecule has 3 aliphatic heterocycles. The van der Waals surface area contributed by atoms with Crippen LogP contribution in [0.15, 0.2) is 22.7 Å². The van der Waals surface area contributed by atoms with Gasteiger partial charge >= 0.3 is 0 Å². The number of nitrogens with zero attached hydrogens (tertiary/aromatic N) is 1. The average molecular weight is 310 g/mol. The molecule has 3 heteroatoms. The Morgan fingerprint density at radius 3 is 2.61 bits per heavy atom. The third-order valence-electron chi connectivity index (χ3n) is 4.47. The molecule has 0 aromatic heterocycles. The van der Waals surface area contributed by atoms with E-state index in [0.717, 1.165) is 16.8 Å². The van der Waals surface area contributed by atoms with Gasteiger partial charge in [-0.2, -0.15) is 0 Å². The zero-order chi connectivity index (χ0) is 12.8. The van der Waals surface area contributed by atoms with E-state index in [0.29, 0.717) is 5.92 Å². The first-order chi connectivity index (χ1) is 8.57. The SMILES string of the molecule is Cc1cc(Br)ccc1O[C@@]1(C)CN2CCC1CC2. The van der Waals surface area contributed by atoms with Gasteiger partial charge in [0.1, 0.15) is 11.4 Å². The summed E-state index contributed by atoms with van der Waals surface area (Å²) in [5.74, 6) is 1.75. The Bertz CT molecular complexity index is 454. The smallest absolute Gasteiger partial charge is 0.123 e. The van der Waals surface area contributed by atoms with Gasteiger partial charge in [-0.1, -0.05) is 15.9 Å². The number of ether oxygens (including phenoxy) is 1. The van der Waals surface area contributed by atoms with Crippen molar-refractivity contribution in [2.24, 2.45) is 5.92 Å². The molecule has 1 aromatic rings. The number of piperidine rings is 3. The highest BCUT2D eigenvalue weighted by molar-refractivity contribution is 9.10.